The monoisotopic (exact) mass is 286 g/mol. The van der Waals surface area contributed by atoms with Crippen LogP contribution in [0.25, 0.3) is 0 Å². The van der Waals surface area contributed by atoms with Crippen LogP contribution in [0, 0.1) is 15.9 Å². The molecule has 2 aliphatic heterocycles. The van der Waals surface area contributed by atoms with Crippen LogP contribution in [0.5, 0.6) is 0 Å². The SMILES string of the molecule is O=[N+]([O-])c1cnc(N2CC(O)C2)c(F)c1.ON1CCC1. The average Bonchev–Trinajstić information content (AvgIpc) is 2.33. The standard InChI is InChI=1S/C8H8FN3O3.C3H7NO/c9-7-1-5(12(14)15)2-10-8(7)11-3-6(13)4-11;5-4-2-1-3-4/h1-2,6,13H,3-4H2;5H,1-3H2. The van der Waals surface area contributed by atoms with Crippen molar-refractivity contribution >= 4 is 11.5 Å². The Kier molecular flexibility index (Phi) is 4.42. The highest BCUT2D eigenvalue weighted by Gasteiger charge is 2.28. The summed E-state index contributed by atoms with van der Waals surface area (Å²) in [6.45, 7) is 2.36. The predicted molar refractivity (Wildman–Crippen MR) is 67.0 cm³/mol. The van der Waals surface area contributed by atoms with Gasteiger partial charge in [0, 0.05) is 26.2 Å². The summed E-state index contributed by atoms with van der Waals surface area (Å²) in [6, 6.07) is 0.826. The first kappa shape index (κ1) is 14.6. The van der Waals surface area contributed by atoms with E-state index in [4.69, 9.17) is 10.3 Å². The normalized spacial score (nSPS) is 18.6. The Morgan fingerprint density at radius 3 is 2.40 bits per heavy atom. The Morgan fingerprint density at radius 1 is 1.45 bits per heavy atom. The number of aromatic nitrogens is 1. The fourth-order valence-electron chi connectivity index (χ4n) is 1.68. The van der Waals surface area contributed by atoms with Crippen LogP contribution in [0.4, 0.5) is 15.9 Å². The van der Waals surface area contributed by atoms with Crippen molar-refractivity contribution < 1.29 is 19.6 Å². The molecule has 2 aliphatic rings. The summed E-state index contributed by atoms with van der Waals surface area (Å²) < 4.78 is 13.3. The maximum absolute atomic E-state index is 13.3. The zero-order valence-electron chi connectivity index (χ0n) is 10.6. The van der Waals surface area contributed by atoms with Gasteiger partial charge < -0.3 is 15.2 Å². The first-order valence-corrected chi connectivity index (χ1v) is 6.14. The minimum absolute atomic E-state index is 0.0471. The van der Waals surface area contributed by atoms with Gasteiger partial charge in [0.15, 0.2) is 11.6 Å². The van der Waals surface area contributed by atoms with Crippen LogP contribution in [0.15, 0.2) is 12.3 Å². The van der Waals surface area contributed by atoms with Crippen LogP contribution in [0.2, 0.25) is 0 Å². The molecule has 1 aromatic heterocycles. The van der Waals surface area contributed by atoms with E-state index in [2.05, 4.69) is 4.98 Å². The van der Waals surface area contributed by atoms with Crippen molar-refractivity contribution in [2.24, 2.45) is 0 Å². The largest absolute Gasteiger partial charge is 0.389 e. The molecule has 0 aliphatic carbocycles. The molecule has 3 heterocycles. The van der Waals surface area contributed by atoms with Crippen LogP contribution in [0.1, 0.15) is 6.42 Å². The van der Waals surface area contributed by atoms with Gasteiger partial charge in [-0.15, -0.1) is 0 Å². The Balaban J connectivity index is 0.000000247. The Labute approximate surface area is 114 Å². The summed E-state index contributed by atoms with van der Waals surface area (Å²) in [6.07, 6.45) is 1.70. The number of anilines is 1. The minimum Gasteiger partial charge on any atom is -0.389 e. The van der Waals surface area contributed by atoms with E-state index in [0.717, 1.165) is 31.8 Å². The number of aliphatic hydroxyl groups is 1. The molecule has 8 nitrogen and oxygen atoms in total. The number of β-amino-alcohol motifs (C(OH)–C–C–N with tert-alkyl or cyclic N) is 1. The first-order valence-electron chi connectivity index (χ1n) is 6.14. The quantitative estimate of drug-likeness (QED) is 0.598. The van der Waals surface area contributed by atoms with Gasteiger partial charge in [-0.05, 0) is 6.42 Å². The Bertz CT molecular complexity index is 491. The predicted octanol–water partition coefficient (Wildman–Crippen LogP) is 0.391. The minimum atomic E-state index is -0.740. The third-order valence-electron chi connectivity index (χ3n) is 3.01. The molecule has 0 aromatic carbocycles. The number of aliphatic hydroxyl groups excluding tert-OH is 1. The van der Waals surface area contributed by atoms with Crippen LogP contribution in [-0.4, -0.2) is 57.6 Å². The molecule has 0 atom stereocenters. The number of nitrogens with zero attached hydrogens (tertiary/aromatic N) is 4. The topological polar surface area (TPSA) is 103 Å². The first-order chi connectivity index (χ1) is 9.47. The molecule has 0 saturated carbocycles. The number of rotatable bonds is 2. The lowest BCUT2D eigenvalue weighted by Gasteiger charge is -2.36. The van der Waals surface area contributed by atoms with E-state index in [0.29, 0.717) is 13.1 Å². The van der Waals surface area contributed by atoms with Gasteiger partial charge in [-0.25, -0.2) is 9.37 Å². The van der Waals surface area contributed by atoms with Gasteiger partial charge in [0.1, 0.15) is 6.20 Å². The molecule has 0 unspecified atom stereocenters. The summed E-state index contributed by atoms with van der Waals surface area (Å²) in [5, 5.41) is 28.9. The molecular formula is C11H15FN4O4. The fraction of sp³-hybridized carbons (Fsp3) is 0.545. The lowest BCUT2D eigenvalue weighted by Crippen LogP contribution is -2.51. The maximum atomic E-state index is 13.3. The molecule has 2 N–H and O–H groups in total. The van der Waals surface area contributed by atoms with Gasteiger partial charge in [0.25, 0.3) is 5.69 Å². The summed E-state index contributed by atoms with van der Waals surface area (Å²) in [5.41, 5.74) is -0.377. The summed E-state index contributed by atoms with van der Waals surface area (Å²) in [4.78, 5) is 14.8. The van der Waals surface area contributed by atoms with Gasteiger partial charge in [-0.1, -0.05) is 0 Å². The van der Waals surface area contributed by atoms with Gasteiger partial charge in [-0.3, -0.25) is 10.1 Å². The van der Waals surface area contributed by atoms with E-state index in [-0.39, 0.29) is 11.5 Å². The highest BCUT2D eigenvalue weighted by Crippen LogP contribution is 2.24. The van der Waals surface area contributed by atoms with Crippen LogP contribution in [-0.2, 0) is 0 Å². The maximum Gasteiger partial charge on any atom is 0.290 e. The molecular weight excluding hydrogens is 271 g/mol. The molecule has 110 valence electrons. The van der Waals surface area contributed by atoms with Crippen molar-refractivity contribution in [3.63, 3.8) is 0 Å². The van der Waals surface area contributed by atoms with Crippen molar-refractivity contribution in [3.8, 4) is 0 Å². The van der Waals surface area contributed by atoms with Crippen molar-refractivity contribution in [3.05, 3.63) is 28.2 Å². The van der Waals surface area contributed by atoms with E-state index >= 15 is 0 Å². The van der Waals surface area contributed by atoms with Gasteiger partial charge in [-0.2, -0.15) is 5.06 Å². The van der Waals surface area contributed by atoms with Crippen molar-refractivity contribution in [1.29, 1.82) is 0 Å². The number of halogens is 1. The molecule has 0 amide bonds. The molecule has 0 radical (unpaired) electrons. The number of pyridine rings is 1. The van der Waals surface area contributed by atoms with E-state index in [1.165, 1.54) is 9.96 Å². The molecule has 0 bridgehead atoms. The zero-order chi connectivity index (χ0) is 14.7. The molecule has 2 fully saturated rings. The summed E-state index contributed by atoms with van der Waals surface area (Å²) in [7, 11) is 0. The summed E-state index contributed by atoms with van der Waals surface area (Å²) >= 11 is 0. The highest BCUT2D eigenvalue weighted by atomic mass is 19.1. The second-order valence-electron chi connectivity index (χ2n) is 4.62. The second kappa shape index (κ2) is 6.07. The lowest BCUT2D eigenvalue weighted by molar-refractivity contribution is -0.385. The van der Waals surface area contributed by atoms with Crippen molar-refractivity contribution in [2.45, 2.75) is 12.5 Å². The van der Waals surface area contributed by atoms with Gasteiger partial charge in [0.05, 0.1) is 17.1 Å². The number of hydrogen-bond acceptors (Lipinski definition) is 7. The molecule has 2 saturated heterocycles. The number of hydrogen-bond donors (Lipinski definition) is 2. The molecule has 9 heteroatoms. The van der Waals surface area contributed by atoms with E-state index < -0.39 is 16.8 Å². The zero-order valence-corrected chi connectivity index (χ0v) is 10.6. The highest BCUT2D eigenvalue weighted by molar-refractivity contribution is 5.47. The third kappa shape index (κ3) is 3.38. The van der Waals surface area contributed by atoms with Crippen LogP contribution in [0.3, 0.4) is 0 Å². The second-order valence-corrected chi connectivity index (χ2v) is 4.62. The van der Waals surface area contributed by atoms with Crippen LogP contribution >= 0.6 is 0 Å². The molecule has 1 aromatic rings. The fourth-order valence-corrected chi connectivity index (χ4v) is 1.68. The van der Waals surface area contributed by atoms with Gasteiger partial charge >= 0.3 is 0 Å². The van der Waals surface area contributed by atoms with Crippen molar-refractivity contribution in [2.75, 3.05) is 31.1 Å². The Morgan fingerprint density at radius 2 is 2.05 bits per heavy atom. The van der Waals surface area contributed by atoms with Crippen LogP contribution < -0.4 is 4.90 Å². The van der Waals surface area contributed by atoms with E-state index in [9.17, 15) is 14.5 Å². The number of nitro groups is 1. The van der Waals surface area contributed by atoms with Gasteiger partial charge in [0.2, 0.25) is 0 Å². The lowest BCUT2D eigenvalue weighted by atomic mass is 10.1. The average molecular weight is 286 g/mol. The molecule has 0 spiro atoms. The van der Waals surface area contributed by atoms with E-state index in [1.807, 2.05) is 0 Å². The number of hydroxylamine groups is 2. The van der Waals surface area contributed by atoms with E-state index in [1.54, 1.807) is 0 Å². The third-order valence-corrected chi connectivity index (χ3v) is 3.01. The molecule has 20 heavy (non-hydrogen) atoms. The van der Waals surface area contributed by atoms with Crippen molar-refractivity contribution in [1.82, 2.24) is 10.0 Å². The smallest absolute Gasteiger partial charge is 0.290 e. The summed E-state index contributed by atoms with van der Waals surface area (Å²) in [5.74, 6) is -0.693. The molecule has 3 rings (SSSR count). The Hall–Kier alpha value is -1.84.